The molecule has 0 aliphatic heterocycles. The molecule has 0 aliphatic carbocycles. The minimum absolute atomic E-state index is 0.322. The summed E-state index contributed by atoms with van der Waals surface area (Å²) in [5.41, 5.74) is 0. The first kappa shape index (κ1) is 11.3. The second kappa shape index (κ2) is 4.77. The number of carbonyl (C=O) groups is 1. The Morgan fingerprint density at radius 3 is 3.12 bits per heavy atom. The van der Waals surface area contributed by atoms with Crippen LogP contribution in [-0.4, -0.2) is 32.8 Å². The van der Waals surface area contributed by atoms with Gasteiger partial charge in [0.25, 0.3) is 0 Å². The van der Waals surface area contributed by atoms with Gasteiger partial charge in [-0.15, -0.1) is 15.0 Å². The van der Waals surface area contributed by atoms with Crippen molar-refractivity contribution in [1.82, 2.24) is 20.2 Å². The van der Waals surface area contributed by atoms with Crippen molar-refractivity contribution in [1.29, 1.82) is 0 Å². The summed E-state index contributed by atoms with van der Waals surface area (Å²) in [4.78, 5) is 12.7. The Kier molecular flexibility index (Phi) is 3.17. The molecule has 0 saturated carbocycles. The molecule has 2 heterocycles. The number of esters is 1. The van der Waals surface area contributed by atoms with E-state index >= 15 is 0 Å². The molecule has 7 nitrogen and oxygen atoms in total. The van der Waals surface area contributed by atoms with Gasteiger partial charge >= 0.3 is 5.97 Å². The van der Waals surface area contributed by atoms with Crippen LogP contribution in [0, 0.1) is 0 Å². The number of hydrogen-bond donors (Lipinski definition) is 0. The summed E-state index contributed by atoms with van der Waals surface area (Å²) in [6.45, 7) is 3.71. The molecule has 1 atom stereocenters. The first-order valence-electron chi connectivity index (χ1n) is 5.22. The average Bonchev–Trinajstić information content (AvgIpc) is 2.98. The molecule has 0 spiro atoms. The van der Waals surface area contributed by atoms with Crippen molar-refractivity contribution in [3.05, 3.63) is 18.4 Å². The third-order valence-electron chi connectivity index (χ3n) is 2.14. The van der Waals surface area contributed by atoms with Crippen molar-refractivity contribution in [2.24, 2.45) is 0 Å². The van der Waals surface area contributed by atoms with Gasteiger partial charge in [0.2, 0.25) is 5.82 Å². The van der Waals surface area contributed by atoms with Gasteiger partial charge in [-0.3, -0.25) is 0 Å². The fourth-order valence-electron chi connectivity index (χ4n) is 1.25. The van der Waals surface area contributed by atoms with Crippen LogP contribution >= 0.6 is 0 Å². The molecule has 0 fully saturated rings. The quantitative estimate of drug-likeness (QED) is 0.738. The minimum Gasteiger partial charge on any atom is -0.464 e. The Hall–Kier alpha value is -2.18. The SMILES string of the molecule is CCOC(=O)C(C)n1nnc(-c2ccco2)n1. The van der Waals surface area contributed by atoms with Gasteiger partial charge in [0.05, 0.1) is 12.9 Å². The Balaban J connectivity index is 2.16. The molecule has 0 N–H and O–H groups in total. The Labute approximate surface area is 97.4 Å². The Morgan fingerprint density at radius 1 is 1.65 bits per heavy atom. The lowest BCUT2D eigenvalue weighted by atomic mass is 10.4. The van der Waals surface area contributed by atoms with Crippen LogP contribution in [0.25, 0.3) is 11.6 Å². The molecule has 17 heavy (non-hydrogen) atoms. The normalized spacial score (nSPS) is 12.4. The van der Waals surface area contributed by atoms with Crippen molar-refractivity contribution >= 4 is 5.97 Å². The van der Waals surface area contributed by atoms with Gasteiger partial charge in [0, 0.05) is 0 Å². The van der Waals surface area contributed by atoms with Crippen LogP contribution in [0.4, 0.5) is 0 Å². The van der Waals surface area contributed by atoms with Gasteiger partial charge in [-0.05, 0) is 31.2 Å². The first-order chi connectivity index (χ1) is 8.22. The van der Waals surface area contributed by atoms with Crippen LogP contribution in [0.2, 0.25) is 0 Å². The minimum atomic E-state index is -0.605. The molecular formula is C10H12N4O3. The van der Waals surface area contributed by atoms with Crippen LogP contribution in [0.1, 0.15) is 19.9 Å². The summed E-state index contributed by atoms with van der Waals surface area (Å²) in [6, 6.07) is 2.84. The van der Waals surface area contributed by atoms with Crippen LogP contribution in [-0.2, 0) is 9.53 Å². The van der Waals surface area contributed by atoms with Crippen molar-refractivity contribution in [3.8, 4) is 11.6 Å². The molecular weight excluding hydrogens is 224 g/mol. The fourth-order valence-corrected chi connectivity index (χ4v) is 1.25. The second-order valence-corrected chi connectivity index (χ2v) is 3.34. The van der Waals surface area contributed by atoms with E-state index < -0.39 is 12.0 Å². The number of ether oxygens (including phenoxy) is 1. The van der Waals surface area contributed by atoms with E-state index in [1.807, 2.05) is 0 Å². The van der Waals surface area contributed by atoms with E-state index in [0.29, 0.717) is 18.2 Å². The topological polar surface area (TPSA) is 83.0 Å². The number of hydrogen-bond acceptors (Lipinski definition) is 6. The average molecular weight is 236 g/mol. The van der Waals surface area contributed by atoms with Crippen LogP contribution in [0.3, 0.4) is 0 Å². The second-order valence-electron chi connectivity index (χ2n) is 3.34. The summed E-state index contributed by atoms with van der Waals surface area (Å²) >= 11 is 0. The molecule has 90 valence electrons. The van der Waals surface area contributed by atoms with E-state index in [1.165, 1.54) is 11.1 Å². The molecule has 1 unspecified atom stereocenters. The zero-order valence-corrected chi connectivity index (χ0v) is 9.53. The highest BCUT2D eigenvalue weighted by Crippen LogP contribution is 2.14. The highest BCUT2D eigenvalue weighted by molar-refractivity contribution is 5.73. The Bertz CT molecular complexity index is 491. The van der Waals surface area contributed by atoms with Gasteiger partial charge < -0.3 is 9.15 Å². The molecule has 0 aromatic carbocycles. The maximum atomic E-state index is 11.5. The fraction of sp³-hybridized carbons (Fsp3) is 0.400. The third kappa shape index (κ3) is 2.32. The number of tetrazole rings is 1. The summed E-state index contributed by atoms with van der Waals surface area (Å²) in [7, 11) is 0. The lowest BCUT2D eigenvalue weighted by molar-refractivity contribution is -0.147. The van der Waals surface area contributed by atoms with E-state index in [-0.39, 0.29) is 0 Å². The molecule has 2 aromatic rings. The summed E-state index contributed by atoms with van der Waals surface area (Å²) in [6.07, 6.45) is 1.52. The zero-order valence-electron chi connectivity index (χ0n) is 9.53. The molecule has 0 saturated heterocycles. The largest absolute Gasteiger partial charge is 0.464 e. The van der Waals surface area contributed by atoms with E-state index in [1.54, 1.807) is 26.0 Å². The van der Waals surface area contributed by atoms with Crippen molar-refractivity contribution in [3.63, 3.8) is 0 Å². The van der Waals surface area contributed by atoms with Crippen LogP contribution in [0.5, 0.6) is 0 Å². The molecule has 0 radical (unpaired) electrons. The Morgan fingerprint density at radius 2 is 2.47 bits per heavy atom. The lowest BCUT2D eigenvalue weighted by Crippen LogP contribution is -2.21. The molecule has 2 rings (SSSR count). The molecule has 0 bridgehead atoms. The van der Waals surface area contributed by atoms with E-state index in [2.05, 4.69) is 15.4 Å². The smallest absolute Gasteiger partial charge is 0.332 e. The van der Waals surface area contributed by atoms with Crippen LogP contribution < -0.4 is 0 Å². The van der Waals surface area contributed by atoms with Crippen molar-refractivity contribution < 1.29 is 13.9 Å². The monoisotopic (exact) mass is 236 g/mol. The standard InChI is InChI=1S/C10H12N4O3/c1-3-16-10(15)7(2)14-12-9(11-13-14)8-5-4-6-17-8/h4-7H,3H2,1-2H3. The van der Waals surface area contributed by atoms with Crippen molar-refractivity contribution in [2.75, 3.05) is 6.61 Å². The zero-order chi connectivity index (χ0) is 12.3. The van der Waals surface area contributed by atoms with E-state index in [4.69, 9.17) is 9.15 Å². The van der Waals surface area contributed by atoms with Gasteiger partial charge in [0.15, 0.2) is 11.8 Å². The van der Waals surface area contributed by atoms with E-state index in [0.717, 1.165) is 0 Å². The highest BCUT2D eigenvalue weighted by atomic mass is 16.5. The number of nitrogens with zero attached hydrogens (tertiary/aromatic N) is 4. The third-order valence-corrected chi connectivity index (χ3v) is 2.14. The molecule has 7 heteroatoms. The summed E-state index contributed by atoms with van der Waals surface area (Å²) in [5.74, 6) is 0.453. The van der Waals surface area contributed by atoms with Gasteiger partial charge in [0.1, 0.15) is 0 Å². The molecule has 0 amide bonds. The predicted octanol–water partition coefficient (Wildman–Crippen LogP) is 1.06. The lowest BCUT2D eigenvalue weighted by Gasteiger charge is -2.07. The van der Waals surface area contributed by atoms with Crippen molar-refractivity contribution in [2.45, 2.75) is 19.9 Å². The molecule has 0 aliphatic rings. The number of furan rings is 1. The van der Waals surface area contributed by atoms with Gasteiger partial charge in [-0.2, -0.15) is 0 Å². The summed E-state index contributed by atoms with van der Waals surface area (Å²) in [5, 5.41) is 11.6. The number of rotatable bonds is 4. The molecule has 2 aromatic heterocycles. The number of aromatic nitrogens is 4. The van der Waals surface area contributed by atoms with Crippen LogP contribution in [0.15, 0.2) is 22.8 Å². The highest BCUT2D eigenvalue weighted by Gasteiger charge is 2.20. The first-order valence-corrected chi connectivity index (χ1v) is 5.22. The number of carbonyl (C=O) groups excluding carboxylic acids is 1. The van der Waals surface area contributed by atoms with E-state index in [9.17, 15) is 4.79 Å². The summed E-state index contributed by atoms with van der Waals surface area (Å²) < 4.78 is 9.99. The maximum absolute atomic E-state index is 11.5. The van der Waals surface area contributed by atoms with Gasteiger partial charge in [-0.1, -0.05) is 0 Å². The van der Waals surface area contributed by atoms with Gasteiger partial charge in [-0.25, -0.2) is 4.79 Å². The maximum Gasteiger partial charge on any atom is 0.332 e. The predicted molar refractivity (Wildman–Crippen MR) is 56.9 cm³/mol.